The molecule has 0 saturated carbocycles. The average molecular weight is 471 g/mol. The van der Waals surface area contributed by atoms with Crippen molar-refractivity contribution in [3.05, 3.63) is 95.1 Å². The molecule has 1 fully saturated rings. The number of carbonyl (C=O) groups excluding carboxylic acids is 3. The molecule has 0 bridgehead atoms. The van der Waals surface area contributed by atoms with E-state index in [1.54, 1.807) is 41.3 Å². The monoisotopic (exact) mass is 470 g/mol. The fraction of sp³-hybridized carbons (Fsp3) is 0.250. The van der Waals surface area contributed by atoms with E-state index in [1.165, 1.54) is 0 Å². The van der Waals surface area contributed by atoms with Crippen molar-refractivity contribution in [2.75, 3.05) is 43.4 Å². The molecule has 0 aliphatic carbocycles. The number of anilines is 2. The smallest absolute Gasteiger partial charge is 0.255 e. The molecule has 1 heterocycles. The Morgan fingerprint density at radius 3 is 2.11 bits per heavy atom. The van der Waals surface area contributed by atoms with Crippen LogP contribution in [0.15, 0.2) is 72.8 Å². The summed E-state index contributed by atoms with van der Waals surface area (Å²) in [6, 6.07) is 21.8. The van der Waals surface area contributed by atoms with Crippen LogP contribution in [-0.2, 0) is 4.79 Å². The summed E-state index contributed by atoms with van der Waals surface area (Å²) in [6.07, 6.45) is 0. The van der Waals surface area contributed by atoms with Gasteiger partial charge in [-0.3, -0.25) is 19.3 Å². The Bertz CT molecular complexity index is 1200. The van der Waals surface area contributed by atoms with Crippen LogP contribution in [0.25, 0.3) is 0 Å². The molecule has 4 rings (SSSR count). The van der Waals surface area contributed by atoms with Crippen molar-refractivity contribution < 1.29 is 14.4 Å². The van der Waals surface area contributed by atoms with E-state index in [0.717, 1.165) is 16.8 Å². The molecule has 0 radical (unpaired) electrons. The second-order valence-corrected chi connectivity index (χ2v) is 8.76. The highest BCUT2D eigenvalue weighted by atomic mass is 16.2. The van der Waals surface area contributed by atoms with Crippen LogP contribution in [0, 0.1) is 13.8 Å². The van der Waals surface area contributed by atoms with Gasteiger partial charge in [0.15, 0.2) is 0 Å². The number of hydrogen-bond acceptors (Lipinski definition) is 4. The van der Waals surface area contributed by atoms with E-state index in [2.05, 4.69) is 15.5 Å². The first-order chi connectivity index (χ1) is 16.9. The molecule has 0 spiro atoms. The quantitative estimate of drug-likeness (QED) is 0.572. The van der Waals surface area contributed by atoms with Crippen molar-refractivity contribution in [1.29, 1.82) is 0 Å². The second-order valence-electron chi connectivity index (χ2n) is 8.76. The molecule has 0 unspecified atom stereocenters. The summed E-state index contributed by atoms with van der Waals surface area (Å²) in [5.74, 6) is -0.292. The molecule has 7 heteroatoms. The Morgan fingerprint density at radius 2 is 1.43 bits per heavy atom. The minimum Gasteiger partial charge on any atom is -0.336 e. The van der Waals surface area contributed by atoms with Crippen LogP contribution in [-0.4, -0.2) is 60.2 Å². The van der Waals surface area contributed by atoms with Crippen LogP contribution in [0.2, 0.25) is 0 Å². The molecule has 1 saturated heterocycles. The maximum atomic E-state index is 12.9. The van der Waals surface area contributed by atoms with Gasteiger partial charge < -0.3 is 15.5 Å². The number of nitrogens with one attached hydrogen (secondary N) is 2. The zero-order valence-corrected chi connectivity index (χ0v) is 20.1. The van der Waals surface area contributed by atoms with E-state index in [-0.39, 0.29) is 17.7 Å². The summed E-state index contributed by atoms with van der Waals surface area (Å²) in [6.45, 7) is 6.71. The minimum atomic E-state index is -0.192. The zero-order chi connectivity index (χ0) is 24.8. The van der Waals surface area contributed by atoms with Crippen LogP contribution >= 0.6 is 0 Å². The molecular weight excluding hydrogens is 440 g/mol. The van der Waals surface area contributed by atoms with E-state index < -0.39 is 0 Å². The van der Waals surface area contributed by atoms with E-state index >= 15 is 0 Å². The number of nitrogens with zero attached hydrogens (tertiary/aromatic N) is 2. The number of hydrogen-bond donors (Lipinski definition) is 2. The van der Waals surface area contributed by atoms with Gasteiger partial charge in [0, 0.05) is 48.7 Å². The van der Waals surface area contributed by atoms with Gasteiger partial charge in [-0.1, -0.05) is 30.3 Å². The van der Waals surface area contributed by atoms with E-state index in [1.807, 2.05) is 50.2 Å². The second kappa shape index (κ2) is 11.0. The molecule has 180 valence electrons. The fourth-order valence-electron chi connectivity index (χ4n) is 4.06. The topological polar surface area (TPSA) is 81.8 Å². The van der Waals surface area contributed by atoms with Crippen LogP contribution in [0.5, 0.6) is 0 Å². The third-order valence-corrected chi connectivity index (χ3v) is 6.33. The zero-order valence-electron chi connectivity index (χ0n) is 20.1. The van der Waals surface area contributed by atoms with Crippen molar-refractivity contribution in [3.63, 3.8) is 0 Å². The lowest BCUT2D eigenvalue weighted by Gasteiger charge is -2.34. The highest BCUT2D eigenvalue weighted by molar-refractivity contribution is 6.04. The van der Waals surface area contributed by atoms with Crippen molar-refractivity contribution in [2.45, 2.75) is 13.8 Å². The highest BCUT2D eigenvalue weighted by Gasteiger charge is 2.23. The normalized spacial score (nSPS) is 13.8. The molecule has 35 heavy (non-hydrogen) atoms. The SMILES string of the molecule is Cc1cccc(NC(=O)CN2CCN(C(=O)c3ccc(NC(=O)c4ccccc4)cc3)CC2)c1C. The minimum absolute atomic E-state index is 0.0494. The lowest BCUT2D eigenvalue weighted by Crippen LogP contribution is -2.50. The van der Waals surface area contributed by atoms with Crippen molar-refractivity contribution >= 4 is 29.1 Å². The van der Waals surface area contributed by atoms with Gasteiger partial charge in [-0.05, 0) is 67.4 Å². The van der Waals surface area contributed by atoms with Gasteiger partial charge in [0.1, 0.15) is 0 Å². The Labute approximate surface area is 205 Å². The summed E-state index contributed by atoms with van der Waals surface area (Å²) in [4.78, 5) is 41.6. The number of piperazine rings is 1. The molecule has 7 nitrogen and oxygen atoms in total. The third kappa shape index (κ3) is 6.13. The molecular formula is C28H30N4O3. The summed E-state index contributed by atoms with van der Waals surface area (Å²) in [7, 11) is 0. The van der Waals surface area contributed by atoms with E-state index in [0.29, 0.717) is 49.5 Å². The maximum Gasteiger partial charge on any atom is 0.255 e. The van der Waals surface area contributed by atoms with E-state index in [9.17, 15) is 14.4 Å². The first-order valence-corrected chi connectivity index (χ1v) is 11.7. The Hall–Kier alpha value is -3.97. The predicted molar refractivity (Wildman–Crippen MR) is 138 cm³/mol. The molecule has 0 atom stereocenters. The molecule has 3 amide bonds. The van der Waals surface area contributed by atoms with Gasteiger partial charge >= 0.3 is 0 Å². The average Bonchev–Trinajstić information content (AvgIpc) is 2.88. The molecule has 1 aliphatic heterocycles. The standard InChI is InChI=1S/C28H30N4O3/c1-20-7-6-10-25(21(20)2)30-26(33)19-31-15-17-32(18-16-31)28(35)23-11-13-24(14-12-23)29-27(34)22-8-4-3-5-9-22/h3-14H,15-19H2,1-2H3,(H,29,34)(H,30,33). The molecule has 2 N–H and O–H groups in total. The molecule has 3 aromatic carbocycles. The summed E-state index contributed by atoms with van der Waals surface area (Å²) in [5.41, 5.74) is 4.84. The van der Waals surface area contributed by atoms with Crippen molar-refractivity contribution in [2.24, 2.45) is 0 Å². The predicted octanol–water partition coefficient (Wildman–Crippen LogP) is 3.95. The number of carbonyl (C=O) groups is 3. The van der Waals surface area contributed by atoms with Crippen molar-refractivity contribution in [3.8, 4) is 0 Å². The first-order valence-electron chi connectivity index (χ1n) is 11.7. The summed E-state index contributed by atoms with van der Waals surface area (Å²) >= 11 is 0. The van der Waals surface area contributed by atoms with Crippen LogP contribution in [0.1, 0.15) is 31.8 Å². The third-order valence-electron chi connectivity index (χ3n) is 6.33. The van der Waals surface area contributed by atoms with Crippen LogP contribution in [0.3, 0.4) is 0 Å². The fourth-order valence-corrected chi connectivity index (χ4v) is 4.06. The Kier molecular flexibility index (Phi) is 7.57. The lowest BCUT2D eigenvalue weighted by atomic mass is 10.1. The maximum absolute atomic E-state index is 12.9. The molecule has 3 aromatic rings. The van der Waals surface area contributed by atoms with E-state index in [4.69, 9.17) is 0 Å². The van der Waals surface area contributed by atoms with Gasteiger partial charge in [0.05, 0.1) is 6.54 Å². The van der Waals surface area contributed by atoms with Crippen molar-refractivity contribution in [1.82, 2.24) is 9.80 Å². The molecule has 0 aromatic heterocycles. The number of amides is 3. The number of benzene rings is 3. The Morgan fingerprint density at radius 1 is 0.743 bits per heavy atom. The van der Waals surface area contributed by atoms with Gasteiger partial charge in [-0.25, -0.2) is 0 Å². The lowest BCUT2D eigenvalue weighted by molar-refractivity contribution is -0.117. The van der Waals surface area contributed by atoms with Gasteiger partial charge in [0.25, 0.3) is 11.8 Å². The Balaban J connectivity index is 1.26. The highest BCUT2D eigenvalue weighted by Crippen LogP contribution is 2.18. The number of rotatable bonds is 6. The molecule has 1 aliphatic rings. The van der Waals surface area contributed by atoms with Crippen LogP contribution < -0.4 is 10.6 Å². The largest absolute Gasteiger partial charge is 0.336 e. The summed E-state index contributed by atoms with van der Waals surface area (Å²) < 4.78 is 0. The first kappa shape index (κ1) is 24.2. The van der Waals surface area contributed by atoms with Gasteiger partial charge in [-0.15, -0.1) is 0 Å². The summed E-state index contributed by atoms with van der Waals surface area (Å²) in [5, 5.41) is 5.84. The van der Waals surface area contributed by atoms with Gasteiger partial charge in [0.2, 0.25) is 5.91 Å². The van der Waals surface area contributed by atoms with Crippen LogP contribution in [0.4, 0.5) is 11.4 Å². The van der Waals surface area contributed by atoms with Gasteiger partial charge in [-0.2, -0.15) is 0 Å². The number of aryl methyl sites for hydroxylation is 1.